The molecule has 2 N–H and O–H groups in total. The van der Waals surface area contributed by atoms with E-state index < -0.39 is 10.8 Å². The normalized spacial score (nSPS) is 10.7. The first-order valence-electron chi connectivity index (χ1n) is 10.9. The van der Waals surface area contributed by atoms with E-state index in [1.165, 1.54) is 18.2 Å². The van der Waals surface area contributed by atoms with Gasteiger partial charge in [0, 0.05) is 22.9 Å². The number of rotatable bonds is 5. The molecule has 0 heterocycles. The molecule has 5 rings (SSSR count). The first kappa shape index (κ1) is 21.8. The van der Waals surface area contributed by atoms with Crippen LogP contribution in [0.2, 0.25) is 0 Å². The Balaban J connectivity index is 1.46. The fourth-order valence-electron chi connectivity index (χ4n) is 4.11. The number of fused-ring (bicyclic) bond motifs is 2. The van der Waals surface area contributed by atoms with Crippen molar-refractivity contribution in [1.29, 1.82) is 0 Å². The van der Waals surface area contributed by atoms with E-state index >= 15 is 0 Å². The van der Waals surface area contributed by atoms with Gasteiger partial charge in [-0.15, -0.1) is 0 Å². The Morgan fingerprint density at radius 2 is 1.14 bits per heavy atom. The first-order valence-corrected chi connectivity index (χ1v) is 10.9. The van der Waals surface area contributed by atoms with Crippen LogP contribution in [0, 0.1) is 10.1 Å². The molecule has 0 atom stereocenters. The highest BCUT2D eigenvalue weighted by Crippen LogP contribution is 2.30. The number of hydrogen-bond donors (Lipinski definition) is 2. The number of nitrogens with one attached hydrogen (secondary N) is 2. The Morgan fingerprint density at radius 1 is 0.629 bits per heavy atom. The highest BCUT2D eigenvalue weighted by Gasteiger charge is 2.20. The third-order valence-corrected chi connectivity index (χ3v) is 5.77. The molecule has 7 nitrogen and oxygen atoms in total. The van der Waals surface area contributed by atoms with Crippen LogP contribution in [-0.4, -0.2) is 16.7 Å². The topological polar surface area (TPSA) is 101 Å². The van der Waals surface area contributed by atoms with E-state index in [0.29, 0.717) is 16.8 Å². The van der Waals surface area contributed by atoms with Crippen LogP contribution < -0.4 is 10.6 Å². The minimum Gasteiger partial charge on any atom is -0.322 e. The molecule has 0 radical (unpaired) electrons. The molecule has 170 valence electrons. The monoisotopic (exact) mass is 461 g/mol. The second-order valence-corrected chi connectivity index (χ2v) is 7.95. The van der Waals surface area contributed by atoms with E-state index in [4.69, 9.17) is 0 Å². The molecule has 0 bridgehead atoms. The number of anilines is 2. The van der Waals surface area contributed by atoms with Crippen LogP contribution >= 0.6 is 0 Å². The maximum Gasteiger partial charge on any atom is 0.292 e. The number of nitro groups is 1. The summed E-state index contributed by atoms with van der Waals surface area (Å²) in [5, 5.41) is 20.4. The molecule has 0 saturated carbocycles. The molecule has 0 aliphatic carbocycles. The molecule has 0 unspecified atom stereocenters. The average molecular weight is 461 g/mol. The summed E-state index contributed by atoms with van der Waals surface area (Å²) in [4.78, 5) is 37.1. The summed E-state index contributed by atoms with van der Waals surface area (Å²) >= 11 is 0. The van der Waals surface area contributed by atoms with Crippen molar-refractivity contribution >= 4 is 50.4 Å². The van der Waals surface area contributed by atoms with Crippen molar-refractivity contribution in [3.63, 3.8) is 0 Å². The molecule has 0 saturated heterocycles. The Kier molecular flexibility index (Phi) is 5.65. The number of carbonyl (C=O) groups is 2. The molecule has 5 aromatic carbocycles. The zero-order chi connectivity index (χ0) is 24.4. The van der Waals surface area contributed by atoms with Crippen LogP contribution in [0.15, 0.2) is 103 Å². The molecule has 35 heavy (non-hydrogen) atoms. The van der Waals surface area contributed by atoms with Gasteiger partial charge in [-0.25, -0.2) is 0 Å². The van der Waals surface area contributed by atoms with E-state index in [9.17, 15) is 19.7 Å². The Hall–Kier alpha value is -5.04. The smallest absolute Gasteiger partial charge is 0.292 e. The quantitative estimate of drug-likeness (QED) is 0.233. The van der Waals surface area contributed by atoms with Gasteiger partial charge in [0.25, 0.3) is 17.5 Å². The lowest BCUT2D eigenvalue weighted by atomic mass is 10.0. The fourth-order valence-corrected chi connectivity index (χ4v) is 4.11. The third kappa shape index (κ3) is 4.30. The summed E-state index contributed by atoms with van der Waals surface area (Å²) in [7, 11) is 0. The second kappa shape index (κ2) is 9.07. The van der Waals surface area contributed by atoms with Gasteiger partial charge in [0.2, 0.25) is 0 Å². The molecule has 5 aromatic rings. The minimum absolute atomic E-state index is 0.0105. The first-order chi connectivity index (χ1) is 17.0. The fraction of sp³-hybridized carbons (Fsp3) is 0. The molecule has 7 heteroatoms. The molecule has 0 aliphatic heterocycles. The van der Waals surface area contributed by atoms with Crippen molar-refractivity contribution in [1.82, 2.24) is 0 Å². The lowest BCUT2D eigenvalue weighted by Crippen LogP contribution is -2.15. The lowest BCUT2D eigenvalue weighted by molar-refractivity contribution is -0.383. The van der Waals surface area contributed by atoms with Crippen LogP contribution in [-0.2, 0) is 0 Å². The maximum atomic E-state index is 13.1. The summed E-state index contributed by atoms with van der Waals surface area (Å²) in [6, 6.07) is 29.7. The van der Waals surface area contributed by atoms with Gasteiger partial charge in [-0.1, -0.05) is 72.8 Å². The van der Waals surface area contributed by atoms with Crippen molar-refractivity contribution in [3.8, 4) is 0 Å². The van der Waals surface area contributed by atoms with Crippen molar-refractivity contribution in [3.05, 3.63) is 124 Å². The molecular weight excluding hydrogens is 442 g/mol. The predicted octanol–water partition coefficient (Wildman–Crippen LogP) is 6.41. The van der Waals surface area contributed by atoms with E-state index in [-0.39, 0.29) is 17.3 Å². The molecule has 2 amide bonds. The predicted molar refractivity (Wildman–Crippen MR) is 137 cm³/mol. The summed E-state index contributed by atoms with van der Waals surface area (Å²) in [5.74, 6) is -0.843. The van der Waals surface area contributed by atoms with Crippen LogP contribution in [0.5, 0.6) is 0 Å². The summed E-state index contributed by atoms with van der Waals surface area (Å²) in [5.41, 5.74) is 0.901. The van der Waals surface area contributed by atoms with Gasteiger partial charge in [-0.2, -0.15) is 0 Å². The van der Waals surface area contributed by atoms with Gasteiger partial charge >= 0.3 is 0 Å². The summed E-state index contributed by atoms with van der Waals surface area (Å²) < 4.78 is 0. The van der Waals surface area contributed by atoms with Gasteiger partial charge in [0.1, 0.15) is 5.69 Å². The van der Waals surface area contributed by atoms with Gasteiger partial charge in [-0.3, -0.25) is 19.7 Å². The van der Waals surface area contributed by atoms with Crippen molar-refractivity contribution in [2.45, 2.75) is 0 Å². The van der Waals surface area contributed by atoms with Crippen LogP contribution in [0.3, 0.4) is 0 Å². The van der Waals surface area contributed by atoms with Gasteiger partial charge in [-0.05, 0) is 45.8 Å². The molecular formula is C28H19N3O4. The highest BCUT2D eigenvalue weighted by molar-refractivity contribution is 6.15. The van der Waals surface area contributed by atoms with Crippen LogP contribution in [0.25, 0.3) is 21.5 Å². The zero-order valence-corrected chi connectivity index (χ0v) is 18.4. The molecule has 0 fully saturated rings. The van der Waals surface area contributed by atoms with Crippen LogP contribution in [0.4, 0.5) is 17.1 Å². The largest absolute Gasteiger partial charge is 0.322 e. The Bertz CT molecular complexity index is 1620. The number of hydrogen-bond acceptors (Lipinski definition) is 4. The maximum absolute atomic E-state index is 13.1. The number of nitrogens with zero attached hydrogens (tertiary/aromatic N) is 1. The van der Waals surface area contributed by atoms with Gasteiger partial charge < -0.3 is 10.6 Å². The van der Waals surface area contributed by atoms with E-state index in [2.05, 4.69) is 10.6 Å². The van der Waals surface area contributed by atoms with E-state index in [1.54, 1.807) is 24.3 Å². The standard InChI is InChI=1S/C28H19N3O4/c32-27(23-13-5-9-18-7-1-3-11-21(18)23)29-20-15-16-26(31(34)35)25(17-20)30-28(33)24-14-6-10-19-8-2-4-12-22(19)24/h1-17H,(H,29,32)(H,30,33). The van der Waals surface area contributed by atoms with Crippen molar-refractivity contribution in [2.75, 3.05) is 10.6 Å². The van der Waals surface area contributed by atoms with Crippen molar-refractivity contribution in [2.24, 2.45) is 0 Å². The van der Waals surface area contributed by atoms with E-state index in [1.807, 2.05) is 60.7 Å². The lowest BCUT2D eigenvalue weighted by Gasteiger charge is -2.12. The van der Waals surface area contributed by atoms with Crippen molar-refractivity contribution < 1.29 is 14.5 Å². The average Bonchev–Trinajstić information content (AvgIpc) is 2.88. The minimum atomic E-state index is -0.574. The van der Waals surface area contributed by atoms with Gasteiger partial charge in [0.15, 0.2) is 0 Å². The second-order valence-electron chi connectivity index (χ2n) is 7.95. The number of benzene rings is 5. The van der Waals surface area contributed by atoms with E-state index in [0.717, 1.165) is 21.5 Å². The Morgan fingerprint density at radius 3 is 1.71 bits per heavy atom. The molecule has 0 aromatic heterocycles. The Labute approximate surface area is 200 Å². The van der Waals surface area contributed by atoms with Gasteiger partial charge in [0.05, 0.1) is 4.92 Å². The number of amides is 2. The highest BCUT2D eigenvalue weighted by atomic mass is 16.6. The SMILES string of the molecule is O=C(Nc1ccc([N+](=O)[O-])c(NC(=O)c2cccc3ccccc23)c1)c1cccc2ccccc12. The summed E-state index contributed by atoms with van der Waals surface area (Å²) in [6.45, 7) is 0. The zero-order valence-electron chi connectivity index (χ0n) is 18.4. The summed E-state index contributed by atoms with van der Waals surface area (Å²) in [6.07, 6.45) is 0. The number of carbonyl (C=O) groups excluding carboxylic acids is 2. The number of nitro benzene ring substituents is 1. The van der Waals surface area contributed by atoms with Crippen LogP contribution in [0.1, 0.15) is 20.7 Å². The molecule has 0 aliphatic rings. The third-order valence-electron chi connectivity index (χ3n) is 5.77. The molecule has 0 spiro atoms.